The molecule has 0 aliphatic rings. The van der Waals surface area contributed by atoms with Gasteiger partial charge in [0.25, 0.3) is 0 Å². The van der Waals surface area contributed by atoms with Crippen molar-refractivity contribution in [1.82, 2.24) is 9.62 Å². The van der Waals surface area contributed by atoms with E-state index < -0.39 is 10.0 Å². The number of hydrogen-bond acceptors (Lipinski definition) is 4. The Bertz CT molecular complexity index is 496. The molecule has 1 rings (SSSR count). The molecule has 0 aliphatic heterocycles. The fourth-order valence-corrected chi connectivity index (χ4v) is 2.47. The molecular formula is C14H24N2O3S. The van der Waals surface area contributed by atoms with E-state index in [0.717, 1.165) is 13.0 Å². The molecule has 0 bridgehead atoms. The summed E-state index contributed by atoms with van der Waals surface area (Å²) in [4.78, 5) is 0.274. The van der Waals surface area contributed by atoms with Crippen LogP contribution in [0.3, 0.4) is 0 Å². The minimum atomic E-state index is -3.36. The van der Waals surface area contributed by atoms with Crippen molar-refractivity contribution in [3.05, 3.63) is 24.3 Å². The first-order valence-electron chi connectivity index (χ1n) is 6.73. The topological polar surface area (TPSA) is 58.6 Å². The van der Waals surface area contributed by atoms with Gasteiger partial charge in [0.1, 0.15) is 5.75 Å². The second-order valence-corrected chi connectivity index (χ2v) is 7.22. The van der Waals surface area contributed by atoms with Gasteiger partial charge in [-0.1, -0.05) is 13.8 Å². The van der Waals surface area contributed by atoms with Crippen LogP contribution in [0.1, 0.15) is 20.3 Å². The Morgan fingerprint density at radius 3 is 2.30 bits per heavy atom. The van der Waals surface area contributed by atoms with Gasteiger partial charge in [-0.3, -0.25) is 0 Å². The van der Waals surface area contributed by atoms with E-state index in [0.29, 0.717) is 18.4 Å². The third-order valence-electron chi connectivity index (χ3n) is 2.74. The van der Waals surface area contributed by atoms with Crippen molar-refractivity contribution in [3.8, 4) is 5.75 Å². The van der Waals surface area contributed by atoms with Gasteiger partial charge in [-0.05, 0) is 37.2 Å². The zero-order valence-electron chi connectivity index (χ0n) is 12.6. The van der Waals surface area contributed by atoms with E-state index in [1.807, 2.05) is 0 Å². The molecule has 1 N–H and O–H groups in total. The average Bonchev–Trinajstić information content (AvgIpc) is 2.38. The number of benzene rings is 1. The Labute approximate surface area is 122 Å². The summed E-state index contributed by atoms with van der Waals surface area (Å²) in [6, 6.07) is 6.98. The minimum absolute atomic E-state index is 0.274. The highest BCUT2D eigenvalue weighted by Gasteiger charge is 2.16. The quantitative estimate of drug-likeness (QED) is 0.743. The van der Waals surface area contributed by atoms with Crippen LogP contribution in [0.4, 0.5) is 0 Å². The molecule has 0 fully saturated rings. The number of ether oxygens (including phenoxy) is 1. The van der Waals surface area contributed by atoms with Crippen LogP contribution in [0.2, 0.25) is 0 Å². The lowest BCUT2D eigenvalue weighted by Crippen LogP contribution is -2.24. The van der Waals surface area contributed by atoms with Crippen LogP contribution >= 0.6 is 0 Å². The predicted octanol–water partition coefficient (Wildman–Crippen LogP) is 1.70. The first-order valence-corrected chi connectivity index (χ1v) is 8.17. The maximum absolute atomic E-state index is 11.9. The highest BCUT2D eigenvalue weighted by atomic mass is 32.2. The van der Waals surface area contributed by atoms with Crippen LogP contribution < -0.4 is 10.1 Å². The van der Waals surface area contributed by atoms with Crippen molar-refractivity contribution in [3.63, 3.8) is 0 Å². The summed E-state index contributed by atoms with van der Waals surface area (Å²) in [6.45, 7) is 5.72. The summed E-state index contributed by atoms with van der Waals surface area (Å²) in [5.41, 5.74) is 0. The molecule has 20 heavy (non-hydrogen) atoms. The van der Waals surface area contributed by atoms with Crippen molar-refractivity contribution in [2.24, 2.45) is 0 Å². The summed E-state index contributed by atoms with van der Waals surface area (Å²) in [5.74, 6) is 0.687. The Balaban J connectivity index is 2.48. The van der Waals surface area contributed by atoms with Crippen LogP contribution in [0.15, 0.2) is 29.2 Å². The number of rotatable bonds is 8. The number of hydrogen-bond donors (Lipinski definition) is 1. The second-order valence-electron chi connectivity index (χ2n) is 5.07. The van der Waals surface area contributed by atoms with Gasteiger partial charge in [0.15, 0.2) is 0 Å². The molecule has 5 nitrogen and oxygen atoms in total. The molecule has 0 unspecified atom stereocenters. The van der Waals surface area contributed by atoms with Gasteiger partial charge in [-0.25, -0.2) is 12.7 Å². The Morgan fingerprint density at radius 1 is 1.20 bits per heavy atom. The molecule has 0 radical (unpaired) electrons. The molecule has 1 aromatic rings. The van der Waals surface area contributed by atoms with Crippen LogP contribution in [0.25, 0.3) is 0 Å². The highest BCUT2D eigenvalue weighted by molar-refractivity contribution is 7.89. The van der Waals surface area contributed by atoms with Crippen molar-refractivity contribution >= 4 is 10.0 Å². The Hall–Kier alpha value is -1.11. The van der Waals surface area contributed by atoms with E-state index >= 15 is 0 Å². The fraction of sp³-hybridized carbons (Fsp3) is 0.571. The van der Waals surface area contributed by atoms with E-state index in [2.05, 4.69) is 19.2 Å². The lowest BCUT2D eigenvalue weighted by Gasteiger charge is -2.12. The standard InChI is InChI=1S/C14H24N2O3S/c1-12(2)15-10-5-11-19-13-6-8-14(9-7-13)20(17,18)16(3)4/h6-9,12,15H,5,10-11H2,1-4H3. The molecule has 0 spiro atoms. The maximum atomic E-state index is 11.9. The fourth-order valence-electron chi connectivity index (χ4n) is 1.57. The Kier molecular flexibility index (Phi) is 6.45. The summed E-state index contributed by atoms with van der Waals surface area (Å²) in [5, 5.41) is 3.31. The second kappa shape index (κ2) is 7.61. The highest BCUT2D eigenvalue weighted by Crippen LogP contribution is 2.18. The molecule has 0 aliphatic carbocycles. The lowest BCUT2D eigenvalue weighted by molar-refractivity contribution is 0.306. The normalized spacial score (nSPS) is 12.1. The molecule has 0 aromatic heterocycles. The van der Waals surface area contributed by atoms with Crippen LogP contribution in [-0.4, -0.2) is 46.0 Å². The lowest BCUT2D eigenvalue weighted by atomic mass is 10.3. The number of sulfonamides is 1. The van der Waals surface area contributed by atoms with Crippen molar-refractivity contribution in [2.75, 3.05) is 27.2 Å². The predicted molar refractivity (Wildman–Crippen MR) is 80.6 cm³/mol. The van der Waals surface area contributed by atoms with E-state index in [4.69, 9.17) is 4.74 Å². The molecule has 6 heteroatoms. The third kappa shape index (κ3) is 5.11. The minimum Gasteiger partial charge on any atom is -0.494 e. The zero-order chi connectivity index (χ0) is 15.2. The van der Waals surface area contributed by atoms with Gasteiger partial charge in [0, 0.05) is 20.1 Å². The maximum Gasteiger partial charge on any atom is 0.242 e. The van der Waals surface area contributed by atoms with Crippen molar-refractivity contribution in [2.45, 2.75) is 31.2 Å². The summed E-state index contributed by atoms with van der Waals surface area (Å²) in [6.07, 6.45) is 0.913. The molecule has 0 saturated carbocycles. The first-order chi connectivity index (χ1) is 9.34. The van der Waals surface area contributed by atoms with Gasteiger partial charge >= 0.3 is 0 Å². The van der Waals surface area contributed by atoms with E-state index in [-0.39, 0.29) is 4.90 Å². The van der Waals surface area contributed by atoms with E-state index in [1.165, 1.54) is 18.4 Å². The third-order valence-corrected chi connectivity index (χ3v) is 4.57. The van der Waals surface area contributed by atoms with Gasteiger partial charge in [-0.15, -0.1) is 0 Å². The van der Waals surface area contributed by atoms with Gasteiger partial charge in [-0.2, -0.15) is 0 Å². The van der Waals surface area contributed by atoms with E-state index in [1.54, 1.807) is 24.3 Å². The van der Waals surface area contributed by atoms with Crippen LogP contribution in [0.5, 0.6) is 5.75 Å². The van der Waals surface area contributed by atoms with E-state index in [9.17, 15) is 8.42 Å². The summed E-state index contributed by atoms with van der Waals surface area (Å²) < 4.78 is 30.5. The zero-order valence-corrected chi connectivity index (χ0v) is 13.4. The first kappa shape index (κ1) is 16.9. The number of nitrogens with one attached hydrogen (secondary N) is 1. The monoisotopic (exact) mass is 300 g/mol. The SMILES string of the molecule is CC(C)NCCCOc1ccc(S(=O)(=O)N(C)C)cc1. The van der Waals surface area contributed by atoms with Crippen LogP contribution in [0, 0.1) is 0 Å². The molecular weight excluding hydrogens is 276 g/mol. The molecule has 0 heterocycles. The summed E-state index contributed by atoms with van der Waals surface area (Å²) >= 11 is 0. The van der Waals surface area contributed by atoms with Crippen molar-refractivity contribution in [1.29, 1.82) is 0 Å². The molecule has 0 atom stereocenters. The Morgan fingerprint density at radius 2 is 1.80 bits per heavy atom. The molecule has 0 saturated heterocycles. The molecule has 0 amide bonds. The molecule has 1 aromatic carbocycles. The van der Waals surface area contributed by atoms with Crippen LogP contribution in [-0.2, 0) is 10.0 Å². The number of nitrogens with zero attached hydrogens (tertiary/aromatic N) is 1. The molecule has 114 valence electrons. The largest absolute Gasteiger partial charge is 0.494 e. The van der Waals surface area contributed by atoms with Gasteiger partial charge in [0.2, 0.25) is 10.0 Å². The summed E-state index contributed by atoms with van der Waals surface area (Å²) in [7, 11) is -0.334. The van der Waals surface area contributed by atoms with Gasteiger partial charge in [0.05, 0.1) is 11.5 Å². The van der Waals surface area contributed by atoms with Crippen molar-refractivity contribution < 1.29 is 13.2 Å². The smallest absolute Gasteiger partial charge is 0.242 e. The van der Waals surface area contributed by atoms with Gasteiger partial charge < -0.3 is 10.1 Å². The average molecular weight is 300 g/mol.